The molecule has 21 heavy (non-hydrogen) atoms. The Morgan fingerprint density at radius 3 is 2.19 bits per heavy atom. The van der Waals surface area contributed by atoms with E-state index >= 15 is 0 Å². The molecule has 0 aromatic heterocycles. The molecular weight excluding hydrogens is 449 g/mol. The molecule has 0 saturated heterocycles. The Balaban J connectivity index is 0.00000400. The van der Waals surface area contributed by atoms with Crippen LogP contribution in [0.2, 0.25) is 0 Å². The highest BCUT2D eigenvalue weighted by Gasteiger charge is 2.10. The van der Waals surface area contributed by atoms with Crippen molar-refractivity contribution < 1.29 is 9.47 Å². The van der Waals surface area contributed by atoms with Gasteiger partial charge in [0.2, 0.25) is 0 Å². The molecule has 0 aliphatic carbocycles. The summed E-state index contributed by atoms with van der Waals surface area (Å²) in [5, 5.41) is 0. The first-order valence-corrected chi connectivity index (χ1v) is 7.31. The fourth-order valence-electron chi connectivity index (χ4n) is 1.83. The smallest absolute Gasteiger partial charge is 0.191 e. The van der Waals surface area contributed by atoms with Gasteiger partial charge in [-0.1, -0.05) is 15.9 Å². The van der Waals surface area contributed by atoms with Crippen LogP contribution >= 0.6 is 39.9 Å². The lowest BCUT2D eigenvalue weighted by molar-refractivity contribution is 0.354. The lowest BCUT2D eigenvalue weighted by Gasteiger charge is -2.19. The lowest BCUT2D eigenvalue weighted by Crippen LogP contribution is -2.37. The Morgan fingerprint density at radius 2 is 1.71 bits per heavy atom. The summed E-state index contributed by atoms with van der Waals surface area (Å²) in [6, 6.07) is 3.78. The van der Waals surface area contributed by atoms with Gasteiger partial charge in [-0.15, -0.1) is 24.0 Å². The molecule has 0 heterocycles. The zero-order valence-corrected chi connectivity index (χ0v) is 16.8. The molecule has 1 rings (SSSR count). The Bertz CT molecular complexity index is 480. The number of halogens is 2. The predicted molar refractivity (Wildman–Crippen MR) is 101 cm³/mol. The molecule has 2 N–H and O–H groups in total. The maximum atomic E-state index is 5.97. The summed E-state index contributed by atoms with van der Waals surface area (Å²) < 4.78 is 11.5. The van der Waals surface area contributed by atoms with Gasteiger partial charge in [0, 0.05) is 17.6 Å². The molecule has 0 spiro atoms. The van der Waals surface area contributed by atoms with E-state index in [1.807, 2.05) is 17.0 Å². The number of methoxy groups -OCH3 is 2. The van der Waals surface area contributed by atoms with Crippen molar-refractivity contribution in [3.8, 4) is 11.5 Å². The van der Waals surface area contributed by atoms with Gasteiger partial charge >= 0.3 is 0 Å². The minimum atomic E-state index is 0. The summed E-state index contributed by atoms with van der Waals surface area (Å²) in [6.45, 7) is 6.29. The number of guanidine groups is 1. The van der Waals surface area contributed by atoms with E-state index in [1.54, 1.807) is 14.2 Å². The summed E-state index contributed by atoms with van der Waals surface area (Å²) in [5.41, 5.74) is 6.97. The first-order chi connectivity index (χ1) is 9.57. The number of hydrogen-bond donors (Lipinski definition) is 1. The number of hydrogen-bond acceptors (Lipinski definition) is 3. The van der Waals surface area contributed by atoms with Crippen LogP contribution in [0.4, 0.5) is 0 Å². The molecule has 0 unspecified atom stereocenters. The van der Waals surface area contributed by atoms with Crippen LogP contribution in [-0.2, 0) is 6.54 Å². The van der Waals surface area contributed by atoms with Crippen LogP contribution < -0.4 is 15.2 Å². The Morgan fingerprint density at radius 1 is 1.19 bits per heavy atom. The number of rotatable bonds is 6. The largest absolute Gasteiger partial charge is 0.493 e. The van der Waals surface area contributed by atoms with Gasteiger partial charge in [-0.3, -0.25) is 0 Å². The molecule has 0 bridgehead atoms. The van der Waals surface area contributed by atoms with Gasteiger partial charge in [0.25, 0.3) is 0 Å². The highest BCUT2D eigenvalue weighted by molar-refractivity contribution is 14.0. The van der Waals surface area contributed by atoms with Crippen LogP contribution in [0.5, 0.6) is 11.5 Å². The van der Waals surface area contributed by atoms with Crippen LogP contribution in [-0.4, -0.2) is 38.2 Å². The fourth-order valence-corrected chi connectivity index (χ4v) is 2.28. The minimum absolute atomic E-state index is 0. The van der Waals surface area contributed by atoms with Crippen LogP contribution in [0.1, 0.15) is 19.4 Å². The Labute approximate surface area is 152 Å². The fraction of sp³-hybridized carbons (Fsp3) is 0.500. The maximum absolute atomic E-state index is 5.97. The predicted octanol–water partition coefficient (Wildman–Crippen LogP) is 3.24. The third-order valence-electron chi connectivity index (χ3n) is 3.05. The van der Waals surface area contributed by atoms with Gasteiger partial charge < -0.3 is 20.1 Å². The van der Waals surface area contributed by atoms with Gasteiger partial charge in [0.15, 0.2) is 17.5 Å². The normalized spacial score (nSPS) is 10.8. The van der Waals surface area contributed by atoms with E-state index in [1.165, 1.54) is 0 Å². The van der Waals surface area contributed by atoms with Crippen LogP contribution in [0.15, 0.2) is 21.6 Å². The zero-order valence-electron chi connectivity index (χ0n) is 12.9. The highest BCUT2D eigenvalue weighted by Crippen LogP contribution is 2.33. The van der Waals surface area contributed by atoms with E-state index in [-0.39, 0.29) is 24.0 Å². The van der Waals surface area contributed by atoms with Crippen LogP contribution in [0.25, 0.3) is 0 Å². The van der Waals surface area contributed by atoms with Crippen molar-refractivity contribution in [1.29, 1.82) is 0 Å². The molecule has 0 saturated carbocycles. The highest BCUT2D eigenvalue weighted by atomic mass is 127. The zero-order chi connectivity index (χ0) is 15.1. The second-order valence-corrected chi connectivity index (χ2v) is 5.00. The molecule has 7 heteroatoms. The number of ether oxygens (including phenoxy) is 2. The standard InChI is InChI=1S/C14H22BrN3O2.HI/c1-5-18(6-2)14(16)17-9-10-7-12(19-3)13(20-4)8-11(10)15;/h7-8H,5-6,9H2,1-4H3,(H2,16,17);1H. The monoisotopic (exact) mass is 471 g/mol. The third kappa shape index (κ3) is 5.54. The summed E-state index contributed by atoms with van der Waals surface area (Å²) in [6.07, 6.45) is 0. The van der Waals surface area contributed by atoms with Crippen molar-refractivity contribution in [2.45, 2.75) is 20.4 Å². The van der Waals surface area contributed by atoms with Crippen LogP contribution in [0, 0.1) is 0 Å². The number of aliphatic imine (C=N–C) groups is 1. The SMILES string of the molecule is CCN(CC)C(N)=NCc1cc(OC)c(OC)cc1Br.I. The van der Waals surface area contributed by atoms with Crippen molar-refractivity contribution in [3.63, 3.8) is 0 Å². The molecule has 0 aliphatic heterocycles. The molecule has 0 atom stereocenters. The Kier molecular flexibility index (Phi) is 9.76. The number of benzene rings is 1. The van der Waals surface area contributed by atoms with Gasteiger partial charge in [-0.25, -0.2) is 4.99 Å². The quantitative estimate of drug-likeness (QED) is 0.393. The molecule has 5 nitrogen and oxygen atoms in total. The van der Waals surface area contributed by atoms with Crippen LogP contribution in [0.3, 0.4) is 0 Å². The molecular formula is C14H23BrIN3O2. The van der Waals surface area contributed by atoms with Crippen molar-refractivity contribution >= 4 is 45.9 Å². The van der Waals surface area contributed by atoms with E-state index in [0.717, 1.165) is 23.1 Å². The third-order valence-corrected chi connectivity index (χ3v) is 3.79. The van der Waals surface area contributed by atoms with Gasteiger partial charge in [0.05, 0.1) is 20.8 Å². The first kappa shape index (κ1) is 20.3. The van der Waals surface area contributed by atoms with E-state index < -0.39 is 0 Å². The van der Waals surface area contributed by atoms with E-state index in [2.05, 4.69) is 34.8 Å². The van der Waals surface area contributed by atoms with Crippen molar-refractivity contribution in [2.24, 2.45) is 10.7 Å². The second-order valence-electron chi connectivity index (χ2n) is 4.15. The van der Waals surface area contributed by atoms with E-state index in [4.69, 9.17) is 15.2 Å². The summed E-state index contributed by atoms with van der Waals surface area (Å²) in [7, 11) is 3.23. The topological polar surface area (TPSA) is 60.1 Å². The van der Waals surface area contributed by atoms with Crippen molar-refractivity contribution in [2.75, 3.05) is 27.3 Å². The average molecular weight is 472 g/mol. The second kappa shape index (κ2) is 10.1. The van der Waals surface area contributed by atoms with E-state index in [9.17, 15) is 0 Å². The molecule has 0 radical (unpaired) electrons. The molecule has 0 amide bonds. The van der Waals surface area contributed by atoms with Crippen molar-refractivity contribution in [3.05, 3.63) is 22.2 Å². The summed E-state index contributed by atoms with van der Waals surface area (Å²) in [4.78, 5) is 6.43. The van der Waals surface area contributed by atoms with E-state index in [0.29, 0.717) is 24.0 Å². The average Bonchev–Trinajstić information content (AvgIpc) is 2.46. The molecule has 0 aliphatic rings. The lowest BCUT2D eigenvalue weighted by atomic mass is 10.2. The minimum Gasteiger partial charge on any atom is -0.493 e. The molecule has 1 aromatic rings. The Hall–Kier alpha value is -0.700. The maximum Gasteiger partial charge on any atom is 0.191 e. The van der Waals surface area contributed by atoms with Gasteiger partial charge in [-0.2, -0.15) is 0 Å². The van der Waals surface area contributed by atoms with Gasteiger partial charge in [-0.05, 0) is 31.5 Å². The molecule has 120 valence electrons. The summed E-state index contributed by atoms with van der Waals surface area (Å²) >= 11 is 3.51. The van der Waals surface area contributed by atoms with Gasteiger partial charge in [0.1, 0.15) is 0 Å². The first-order valence-electron chi connectivity index (χ1n) is 6.52. The molecule has 1 aromatic carbocycles. The summed E-state index contributed by atoms with van der Waals surface area (Å²) in [5.74, 6) is 1.92. The number of nitrogens with two attached hydrogens (primary N) is 1. The number of nitrogens with zero attached hydrogens (tertiary/aromatic N) is 2. The van der Waals surface area contributed by atoms with Crippen molar-refractivity contribution in [1.82, 2.24) is 4.90 Å². The molecule has 0 fully saturated rings.